The zero-order valence-electron chi connectivity index (χ0n) is 16.7. The van der Waals surface area contributed by atoms with Crippen molar-refractivity contribution in [1.82, 2.24) is 24.7 Å². The first-order chi connectivity index (χ1) is 14.3. The highest BCUT2D eigenvalue weighted by atomic mass is 16.4. The third-order valence-electron chi connectivity index (χ3n) is 4.80. The molecule has 1 aromatic carbocycles. The molecule has 158 valence electrons. The lowest BCUT2D eigenvalue weighted by Crippen LogP contribution is -2.27. The average molecular weight is 411 g/mol. The number of benzene rings is 1. The molecule has 1 saturated carbocycles. The fourth-order valence-corrected chi connectivity index (χ4v) is 3.46. The Balaban J connectivity index is 0.000000589. The molecular weight excluding hydrogens is 386 g/mol. The summed E-state index contributed by atoms with van der Waals surface area (Å²) in [4.78, 5) is 34.0. The van der Waals surface area contributed by atoms with Crippen LogP contribution in [0, 0.1) is 0 Å². The van der Waals surface area contributed by atoms with Crippen molar-refractivity contribution in [2.24, 2.45) is 11.5 Å². The Bertz CT molecular complexity index is 1040. The van der Waals surface area contributed by atoms with Crippen LogP contribution < -0.4 is 11.5 Å². The molecular formula is C20H25N7O3. The number of hydrogen-bond acceptors (Lipinski definition) is 7. The maximum atomic E-state index is 11.3. The number of hydrogen-bond donors (Lipinski definition) is 3. The van der Waals surface area contributed by atoms with Gasteiger partial charge in [-0.3, -0.25) is 14.6 Å². The number of rotatable bonds is 4. The molecule has 0 spiro atoms. The van der Waals surface area contributed by atoms with E-state index in [2.05, 4.69) is 20.1 Å². The summed E-state index contributed by atoms with van der Waals surface area (Å²) in [6.07, 6.45) is 5.47. The zero-order valence-corrected chi connectivity index (χ0v) is 16.7. The number of fused-ring (bicyclic) bond motifs is 1. The monoisotopic (exact) mass is 411 g/mol. The molecule has 0 saturated heterocycles. The normalized spacial score (nSPS) is 18.5. The number of carboxylic acids is 1. The van der Waals surface area contributed by atoms with E-state index in [0.717, 1.165) is 49.5 Å². The highest BCUT2D eigenvalue weighted by Gasteiger charge is 2.26. The topological polar surface area (TPSA) is 163 Å². The van der Waals surface area contributed by atoms with Crippen LogP contribution in [0.5, 0.6) is 0 Å². The second kappa shape index (κ2) is 9.40. The number of aliphatic carboxylic acids is 1. The predicted octanol–water partition coefficient (Wildman–Crippen LogP) is 1.31. The summed E-state index contributed by atoms with van der Waals surface area (Å²) in [5.74, 6) is 0.757. The third kappa shape index (κ3) is 5.35. The van der Waals surface area contributed by atoms with Gasteiger partial charge in [-0.2, -0.15) is 4.68 Å². The Morgan fingerprint density at radius 3 is 2.40 bits per heavy atom. The van der Waals surface area contributed by atoms with E-state index in [-0.39, 0.29) is 18.4 Å². The van der Waals surface area contributed by atoms with Gasteiger partial charge in [0.05, 0.1) is 23.7 Å². The number of nitrogens with two attached hydrogens (primary N) is 2. The minimum Gasteiger partial charge on any atom is -0.481 e. The number of carbonyl (C=O) groups is 2. The van der Waals surface area contributed by atoms with E-state index in [9.17, 15) is 4.79 Å². The Morgan fingerprint density at radius 1 is 1.13 bits per heavy atom. The maximum absolute atomic E-state index is 11.3. The van der Waals surface area contributed by atoms with Crippen LogP contribution in [0.3, 0.4) is 0 Å². The predicted molar refractivity (Wildman–Crippen MR) is 110 cm³/mol. The average Bonchev–Trinajstić information content (AvgIpc) is 3.11. The second-order valence-corrected chi connectivity index (χ2v) is 7.29. The molecule has 2 aromatic heterocycles. The fraction of sp³-hybridized carbons (Fsp3) is 0.400. The van der Waals surface area contributed by atoms with Crippen LogP contribution in [0.25, 0.3) is 16.9 Å². The first-order valence-electron chi connectivity index (χ1n) is 9.75. The molecule has 1 aliphatic carbocycles. The molecule has 5 N–H and O–H groups in total. The zero-order chi connectivity index (χ0) is 21.7. The van der Waals surface area contributed by atoms with E-state index in [1.165, 1.54) is 0 Å². The lowest BCUT2D eigenvalue weighted by molar-refractivity contribution is -0.134. The third-order valence-corrected chi connectivity index (χ3v) is 4.80. The van der Waals surface area contributed by atoms with E-state index in [1.54, 1.807) is 10.9 Å². The lowest BCUT2D eigenvalue weighted by Gasteiger charge is -2.25. The smallest absolute Gasteiger partial charge is 0.300 e. The maximum Gasteiger partial charge on any atom is 0.300 e. The van der Waals surface area contributed by atoms with Crippen LogP contribution in [0.1, 0.15) is 50.2 Å². The Morgan fingerprint density at radius 2 is 1.77 bits per heavy atom. The van der Waals surface area contributed by atoms with Gasteiger partial charge < -0.3 is 16.6 Å². The molecule has 4 rings (SSSR count). The summed E-state index contributed by atoms with van der Waals surface area (Å²) in [5, 5.41) is 11.9. The molecule has 3 aromatic rings. The van der Waals surface area contributed by atoms with Gasteiger partial charge in [-0.25, -0.2) is 9.97 Å². The molecule has 0 bridgehead atoms. The molecule has 2 heterocycles. The van der Waals surface area contributed by atoms with Crippen LogP contribution >= 0.6 is 0 Å². The van der Waals surface area contributed by atoms with Gasteiger partial charge in [-0.05, 0) is 37.8 Å². The summed E-state index contributed by atoms with van der Waals surface area (Å²) in [6, 6.07) is 7.91. The van der Waals surface area contributed by atoms with Crippen molar-refractivity contribution < 1.29 is 14.7 Å². The first kappa shape index (κ1) is 21.3. The van der Waals surface area contributed by atoms with Gasteiger partial charge in [0.15, 0.2) is 11.6 Å². The van der Waals surface area contributed by atoms with Crippen molar-refractivity contribution in [3.63, 3.8) is 0 Å². The number of carbonyl (C=O) groups excluding carboxylic acids is 1. The second-order valence-electron chi connectivity index (χ2n) is 7.29. The van der Waals surface area contributed by atoms with Gasteiger partial charge in [0.1, 0.15) is 5.82 Å². The summed E-state index contributed by atoms with van der Waals surface area (Å²) in [5.41, 5.74) is 13.0. The van der Waals surface area contributed by atoms with Crippen LogP contribution in [-0.2, 0) is 16.0 Å². The van der Waals surface area contributed by atoms with E-state index in [1.807, 2.05) is 24.3 Å². The van der Waals surface area contributed by atoms with Crippen LogP contribution in [0.2, 0.25) is 0 Å². The van der Waals surface area contributed by atoms with Crippen molar-refractivity contribution in [3.8, 4) is 5.82 Å². The van der Waals surface area contributed by atoms with E-state index in [4.69, 9.17) is 21.4 Å². The van der Waals surface area contributed by atoms with Crippen molar-refractivity contribution in [2.75, 3.05) is 0 Å². The fourth-order valence-electron chi connectivity index (χ4n) is 3.46. The molecule has 0 atom stereocenters. The van der Waals surface area contributed by atoms with Gasteiger partial charge in [-0.15, -0.1) is 5.10 Å². The standard InChI is InChI=1S/C18H21N7O.C2H4O2/c19-12-7-5-11(6-8-12)18-23-16(9-15(20)26)24-25(18)17-10-21-13-3-1-2-4-14(13)22-17;1-2(3)4/h1-4,10-12H,5-9,19H2,(H2,20,26);1H3,(H,3,4). The Kier molecular flexibility index (Phi) is 6.68. The van der Waals surface area contributed by atoms with E-state index in [0.29, 0.717) is 11.6 Å². The molecule has 0 aliphatic heterocycles. The number of primary amides is 1. The van der Waals surface area contributed by atoms with Crippen molar-refractivity contribution in [3.05, 3.63) is 42.1 Å². The molecule has 0 radical (unpaired) electrons. The molecule has 0 unspecified atom stereocenters. The number of amides is 1. The molecule has 1 amide bonds. The molecule has 1 fully saturated rings. The van der Waals surface area contributed by atoms with Crippen molar-refractivity contribution in [1.29, 1.82) is 0 Å². The number of carboxylic acid groups (broad SMARTS) is 1. The van der Waals surface area contributed by atoms with E-state index >= 15 is 0 Å². The van der Waals surface area contributed by atoms with Gasteiger partial charge in [0.2, 0.25) is 5.91 Å². The summed E-state index contributed by atoms with van der Waals surface area (Å²) in [7, 11) is 0. The number of aromatic nitrogens is 5. The minimum absolute atomic E-state index is 0.00719. The van der Waals surface area contributed by atoms with Crippen LogP contribution in [0.15, 0.2) is 30.5 Å². The first-order valence-corrected chi connectivity index (χ1v) is 9.75. The Labute approximate surface area is 173 Å². The quantitative estimate of drug-likeness (QED) is 0.578. The highest BCUT2D eigenvalue weighted by molar-refractivity contribution is 5.76. The Hall–Kier alpha value is -3.40. The van der Waals surface area contributed by atoms with Gasteiger partial charge in [0, 0.05) is 18.9 Å². The summed E-state index contributed by atoms with van der Waals surface area (Å²) < 4.78 is 1.71. The largest absolute Gasteiger partial charge is 0.481 e. The summed E-state index contributed by atoms with van der Waals surface area (Å²) in [6.45, 7) is 1.08. The number of para-hydroxylation sites is 2. The minimum atomic E-state index is -0.833. The van der Waals surface area contributed by atoms with Crippen LogP contribution in [0.4, 0.5) is 0 Å². The SMILES string of the molecule is CC(=O)O.NC(=O)Cc1nc(C2CCC(N)CC2)n(-c2cnc3ccccc3n2)n1. The number of nitrogens with zero attached hydrogens (tertiary/aromatic N) is 5. The molecule has 30 heavy (non-hydrogen) atoms. The lowest BCUT2D eigenvalue weighted by atomic mass is 9.86. The van der Waals surface area contributed by atoms with Gasteiger partial charge >= 0.3 is 0 Å². The van der Waals surface area contributed by atoms with Crippen LogP contribution in [-0.4, -0.2) is 47.8 Å². The highest BCUT2D eigenvalue weighted by Crippen LogP contribution is 2.32. The van der Waals surface area contributed by atoms with Gasteiger partial charge in [0.25, 0.3) is 5.97 Å². The molecule has 10 nitrogen and oxygen atoms in total. The summed E-state index contributed by atoms with van der Waals surface area (Å²) >= 11 is 0. The molecule has 1 aliphatic rings. The van der Waals surface area contributed by atoms with E-state index < -0.39 is 11.9 Å². The molecule has 10 heteroatoms. The van der Waals surface area contributed by atoms with Crippen molar-refractivity contribution >= 4 is 22.9 Å². The van der Waals surface area contributed by atoms with Crippen molar-refractivity contribution in [2.45, 2.75) is 51.0 Å². The van der Waals surface area contributed by atoms with Gasteiger partial charge in [-0.1, -0.05) is 12.1 Å².